The van der Waals surface area contributed by atoms with Gasteiger partial charge in [0.2, 0.25) is 0 Å². The molecule has 1 fully saturated rings. The summed E-state index contributed by atoms with van der Waals surface area (Å²) in [6.45, 7) is 6.42. The number of H-pyrrole nitrogens is 1. The van der Waals surface area contributed by atoms with Crippen LogP contribution in [0.15, 0.2) is 58.5 Å². The molecule has 3 nitrogen and oxygen atoms in total. The van der Waals surface area contributed by atoms with Crippen molar-refractivity contribution >= 4 is 28.4 Å². The van der Waals surface area contributed by atoms with E-state index in [4.69, 9.17) is 0 Å². The minimum Gasteiger partial charge on any atom is -0.368 e. The van der Waals surface area contributed by atoms with Crippen molar-refractivity contribution in [3.8, 4) is 0 Å². The Balaban J connectivity index is 1.69. The Morgan fingerprint density at radius 3 is 2.70 bits per heavy atom. The molecule has 118 valence electrons. The second kappa shape index (κ2) is 6.30. The van der Waals surface area contributed by atoms with E-state index >= 15 is 0 Å². The van der Waals surface area contributed by atoms with Crippen LogP contribution in [0.5, 0.6) is 0 Å². The number of anilines is 1. The van der Waals surface area contributed by atoms with Crippen LogP contribution in [0.25, 0.3) is 10.9 Å². The Bertz CT molecular complexity index is 818. The number of nitrogens with zero attached hydrogens (tertiary/aromatic N) is 1. The van der Waals surface area contributed by atoms with Gasteiger partial charge in [0.15, 0.2) is 0 Å². The van der Waals surface area contributed by atoms with Crippen molar-refractivity contribution in [1.82, 2.24) is 10.3 Å². The number of hydrogen-bond donors (Lipinski definition) is 2. The molecular formula is C19H21N3S. The van der Waals surface area contributed by atoms with E-state index in [-0.39, 0.29) is 0 Å². The van der Waals surface area contributed by atoms with Crippen LogP contribution in [0.1, 0.15) is 5.56 Å². The van der Waals surface area contributed by atoms with Crippen molar-refractivity contribution in [2.24, 2.45) is 0 Å². The van der Waals surface area contributed by atoms with Crippen molar-refractivity contribution in [2.45, 2.75) is 16.7 Å². The topological polar surface area (TPSA) is 31.1 Å². The fraction of sp³-hybridized carbons (Fsp3) is 0.263. The Morgan fingerprint density at radius 2 is 1.83 bits per heavy atom. The first-order valence-corrected chi connectivity index (χ1v) is 8.93. The van der Waals surface area contributed by atoms with Crippen LogP contribution in [0.4, 0.5) is 5.69 Å². The minimum absolute atomic E-state index is 1.06. The molecule has 1 aromatic heterocycles. The van der Waals surface area contributed by atoms with Gasteiger partial charge >= 0.3 is 0 Å². The van der Waals surface area contributed by atoms with E-state index in [2.05, 4.69) is 70.8 Å². The highest BCUT2D eigenvalue weighted by Crippen LogP contribution is 2.39. The quantitative estimate of drug-likeness (QED) is 0.763. The fourth-order valence-electron chi connectivity index (χ4n) is 3.12. The zero-order valence-corrected chi connectivity index (χ0v) is 14.1. The summed E-state index contributed by atoms with van der Waals surface area (Å²) in [6, 6.07) is 15.3. The molecule has 0 amide bonds. The molecule has 2 heterocycles. The first-order chi connectivity index (χ1) is 11.3. The predicted octanol–water partition coefficient (Wildman–Crippen LogP) is 4.04. The molecule has 0 aliphatic carbocycles. The zero-order chi connectivity index (χ0) is 15.6. The van der Waals surface area contributed by atoms with Gasteiger partial charge in [-0.2, -0.15) is 0 Å². The highest BCUT2D eigenvalue weighted by Gasteiger charge is 2.15. The highest BCUT2D eigenvalue weighted by atomic mass is 32.2. The molecule has 0 bridgehead atoms. The SMILES string of the molecule is Cc1ccc2[nH]cc(Sc3ccccc3N3CCNCC3)c2c1. The van der Waals surface area contributed by atoms with E-state index in [1.165, 1.54) is 31.9 Å². The number of hydrogen-bond acceptors (Lipinski definition) is 3. The molecule has 4 rings (SSSR count). The van der Waals surface area contributed by atoms with Gasteiger partial charge in [-0.3, -0.25) is 0 Å². The Morgan fingerprint density at radius 1 is 1.00 bits per heavy atom. The number of para-hydroxylation sites is 1. The van der Waals surface area contributed by atoms with Crippen LogP contribution in [0.3, 0.4) is 0 Å². The normalized spacial score (nSPS) is 15.3. The van der Waals surface area contributed by atoms with Gasteiger partial charge in [0.1, 0.15) is 0 Å². The maximum absolute atomic E-state index is 3.43. The molecule has 0 radical (unpaired) electrons. The lowest BCUT2D eigenvalue weighted by atomic mass is 10.2. The third-order valence-corrected chi connectivity index (χ3v) is 5.46. The summed E-state index contributed by atoms with van der Waals surface area (Å²) in [5, 5.41) is 4.74. The van der Waals surface area contributed by atoms with Gasteiger partial charge in [0.25, 0.3) is 0 Å². The summed E-state index contributed by atoms with van der Waals surface area (Å²) in [6.07, 6.45) is 2.13. The van der Waals surface area contributed by atoms with Gasteiger partial charge < -0.3 is 15.2 Å². The van der Waals surface area contributed by atoms with Crippen LogP contribution in [-0.2, 0) is 0 Å². The van der Waals surface area contributed by atoms with E-state index in [1.54, 1.807) is 0 Å². The van der Waals surface area contributed by atoms with Crippen molar-refractivity contribution in [3.63, 3.8) is 0 Å². The minimum atomic E-state index is 1.06. The predicted molar refractivity (Wildman–Crippen MR) is 98.7 cm³/mol. The second-order valence-corrected chi connectivity index (χ2v) is 7.09. The molecule has 3 aromatic rings. The van der Waals surface area contributed by atoms with E-state index in [1.807, 2.05) is 11.8 Å². The second-order valence-electron chi connectivity index (χ2n) is 6.01. The molecular weight excluding hydrogens is 302 g/mol. The molecule has 1 aliphatic rings. The monoisotopic (exact) mass is 323 g/mol. The third-order valence-electron chi connectivity index (χ3n) is 4.34. The molecule has 0 saturated carbocycles. The van der Waals surface area contributed by atoms with Crippen molar-refractivity contribution in [3.05, 3.63) is 54.2 Å². The van der Waals surface area contributed by atoms with E-state index in [9.17, 15) is 0 Å². The van der Waals surface area contributed by atoms with Crippen molar-refractivity contribution in [2.75, 3.05) is 31.1 Å². The summed E-state index contributed by atoms with van der Waals surface area (Å²) in [5.74, 6) is 0. The van der Waals surface area contributed by atoms with Crippen LogP contribution >= 0.6 is 11.8 Å². The summed E-state index contributed by atoms with van der Waals surface area (Å²) in [4.78, 5) is 8.50. The molecule has 0 atom stereocenters. The first kappa shape index (κ1) is 14.7. The summed E-state index contributed by atoms with van der Waals surface area (Å²) in [7, 11) is 0. The van der Waals surface area contributed by atoms with Crippen LogP contribution in [0, 0.1) is 6.92 Å². The lowest BCUT2D eigenvalue weighted by Gasteiger charge is -2.30. The number of aromatic nitrogens is 1. The number of aryl methyl sites for hydroxylation is 1. The Labute approximate surface area is 141 Å². The molecule has 2 aromatic carbocycles. The number of rotatable bonds is 3. The van der Waals surface area contributed by atoms with Crippen LogP contribution in [0.2, 0.25) is 0 Å². The van der Waals surface area contributed by atoms with Gasteiger partial charge in [-0.25, -0.2) is 0 Å². The summed E-state index contributed by atoms with van der Waals surface area (Å²) < 4.78 is 0. The van der Waals surface area contributed by atoms with Gasteiger partial charge in [0, 0.05) is 53.1 Å². The third kappa shape index (κ3) is 2.96. The lowest BCUT2D eigenvalue weighted by Crippen LogP contribution is -2.43. The van der Waals surface area contributed by atoms with E-state index in [0.717, 1.165) is 26.2 Å². The number of piperazine rings is 1. The summed E-state index contributed by atoms with van der Waals surface area (Å²) in [5.41, 5.74) is 3.85. The van der Waals surface area contributed by atoms with E-state index in [0.29, 0.717) is 0 Å². The van der Waals surface area contributed by atoms with Gasteiger partial charge in [-0.05, 0) is 31.2 Å². The molecule has 23 heavy (non-hydrogen) atoms. The lowest BCUT2D eigenvalue weighted by molar-refractivity contribution is 0.587. The average molecular weight is 323 g/mol. The van der Waals surface area contributed by atoms with Crippen molar-refractivity contribution in [1.29, 1.82) is 0 Å². The van der Waals surface area contributed by atoms with Crippen molar-refractivity contribution < 1.29 is 0 Å². The maximum Gasteiger partial charge on any atom is 0.0508 e. The standard InChI is InChI=1S/C19H21N3S/c1-14-6-7-16-15(12-14)19(13-21-16)23-18-5-3-2-4-17(18)22-10-8-20-9-11-22/h2-7,12-13,20-21H,8-11H2,1H3. The number of nitrogens with one attached hydrogen (secondary N) is 2. The molecule has 0 spiro atoms. The van der Waals surface area contributed by atoms with Gasteiger partial charge in [-0.1, -0.05) is 35.5 Å². The smallest absolute Gasteiger partial charge is 0.0508 e. The molecule has 2 N–H and O–H groups in total. The largest absolute Gasteiger partial charge is 0.368 e. The van der Waals surface area contributed by atoms with Gasteiger partial charge in [0.05, 0.1) is 5.69 Å². The zero-order valence-electron chi connectivity index (χ0n) is 13.3. The molecule has 0 unspecified atom stereocenters. The molecule has 4 heteroatoms. The first-order valence-electron chi connectivity index (χ1n) is 8.11. The maximum atomic E-state index is 3.43. The Hall–Kier alpha value is -1.91. The highest BCUT2D eigenvalue weighted by molar-refractivity contribution is 7.99. The molecule has 1 saturated heterocycles. The number of benzene rings is 2. The van der Waals surface area contributed by atoms with E-state index < -0.39 is 0 Å². The molecule has 1 aliphatic heterocycles. The number of fused-ring (bicyclic) bond motifs is 1. The van der Waals surface area contributed by atoms with Gasteiger partial charge in [-0.15, -0.1) is 0 Å². The fourth-order valence-corrected chi connectivity index (χ4v) is 4.20. The Kier molecular flexibility index (Phi) is 4.02. The summed E-state index contributed by atoms with van der Waals surface area (Å²) >= 11 is 1.86. The van der Waals surface area contributed by atoms with Crippen LogP contribution in [-0.4, -0.2) is 31.2 Å². The average Bonchev–Trinajstić information content (AvgIpc) is 2.98. The number of aromatic amines is 1. The van der Waals surface area contributed by atoms with Crippen LogP contribution < -0.4 is 10.2 Å².